The third kappa shape index (κ3) is 6.89. The average molecular weight is 570 g/mol. The van der Waals surface area contributed by atoms with E-state index in [0.29, 0.717) is 0 Å². The van der Waals surface area contributed by atoms with Gasteiger partial charge < -0.3 is 20.1 Å². The zero-order chi connectivity index (χ0) is 28.7. The van der Waals surface area contributed by atoms with Gasteiger partial charge in [-0.25, -0.2) is 17.6 Å². The van der Waals surface area contributed by atoms with Gasteiger partial charge in [0.05, 0.1) is 36.1 Å². The van der Waals surface area contributed by atoms with Crippen molar-refractivity contribution in [1.29, 1.82) is 0 Å². The van der Waals surface area contributed by atoms with Gasteiger partial charge in [-0.2, -0.15) is 4.31 Å². The number of morpholine rings is 1. The minimum absolute atomic E-state index is 0.0568. The van der Waals surface area contributed by atoms with Gasteiger partial charge >= 0.3 is 5.97 Å². The number of nitrogens with one attached hydrogen (secondary N) is 2. The fourth-order valence-corrected chi connectivity index (χ4v) is 5.54. The molecule has 4 rings (SSSR count). The van der Waals surface area contributed by atoms with E-state index < -0.39 is 45.1 Å². The van der Waals surface area contributed by atoms with E-state index in [9.17, 15) is 27.2 Å². The molecule has 0 aromatic heterocycles. The van der Waals surface area contributed by atoms with E-state index in [1.165, 1.54) is 6.07 Å². The number of sulfonamides is 1. The number of nitrogens with zero attached hydrogens (tertiary/aromatic N) is 1. The molecule has 2 N–H and O–H groups in total. The first-order valence-corrected chi connectivity index (χ1v) is 13.9. The fraction of sp³-hybridized carbons (Fsp3) is 0.250. The number of carbonyl (C=O) groups excluding carboxylic acids is 3. The quantitative estimate of drug-likeness (QED) is 0.379. The minimum Gasteiger partial charge on any atom is -0.452 e. The second kappa shape index (κ2) is 12.8. The Morgan fingerprint density at radius 1 is 1.00 bits per heavy atom. The number of anilines is 1. The fourth-order valence-electron chi connectivity index (χ4n) is 4.04. The summed E-state index contributed by atoms with van der Waals surface area (Å²) in [6, 6.07) is 18.3. The van der Waals surface area contributed by atoms with E-state index in [2.05, 4.69) is 10.6 Å². The number of halogens is 1. The molecule has 0 aliphatic carbocycles. The van der Waals surface area contributed by atoms with Gasteiger partial charge in [-0.05, 0) is 42.8 Å². The van der Waals surface area contributed by atoms with Crippen LogP contribution in [0.3, 0.4) is 0 Å². The molecule has 3 aromatic rings. The Morgan fingerprint density at radius 3 is 2.40 bits per heavy atom. The molecule has 10 nitrogen and oxygen atoms in total. The predicted octanol–water partition coefficient (Wildman–Crippen LogP) is 3.13. The number of hydrogen-bond acceptors (Lipinski definition) is 7. The minimum atomic E-state index is -4.21. The molecule has 1 atom stereocenters. The molecule has 12 heteroatoms. The van der Waals surface area contributed by atoms with Crippen LogP contribution in [0.15, 0.2) is 77.7 Å². The zero-order valence-corrected chi connectivity index (χ0v) is 22.4. The van der Waals surface area contributed by atoms with Crippen molar-refractivity contribution >= 4 is 33.5 Å². The molecule has 0 radical (unpaired) electrons. The van der Waals surface area contributed by atoms with Crippen LogP contribution >= 0.6 is 0 Å². The molecule has 0 saturated carbocycles. The van der Waals surface area contributed by atoms with Crippen LogP contribution in [0.1, 0.15) is 39.2 Å². The van der Waals surface area contributed by atoms with E-state index in [-0.39, 0.29) is 49.2 Å². The number of benzene rings is 3. The topological polar surface area (TPSA) is 131 Å². The van der Waals surface area contributed by atoms with Crippen molar-refractivity contribution in [2.75, 3.05) is 38.2 Å². The van der Waals surface area contributed by atoms with Crippen molar-refractivity contribution in [3.05, 3.63) is 95.3 Å². The maximum Gasteiger partial charge on any atom is 0.338 e. The van der Waals surface area contributed by atoms with E-state index in [1.807, 2.05) is 37.3 Å². The molecule has 0 unspecified atom stereocenters. The summed E-state index contributed by atoms with van der Waals surface area (Å²) in [5.41, 5.74) is 1.09. The lowest BCUT2D eigenvalue weighted by Crippen LogP contribution is -2.41. The molecule has 1 heterocycles. The molecular formula is C28H28FN3O7S. The maximum atomic E-state index is 14.4. The first-order chi connectivity index (χ1) is 19.2. The van der Waals surface area contributed by atoms with Crippen LogP contribution in [-0.2, 0) is 24.3 Å². The number of carbonyl (C=O) groups is 3. The second-order valence-corrected chi connectivity index (χ2v) is 10.8. The van der Waals surface area contributed by atoms with Gasteiger partial charge in [0, 0.05) is 13.1 Å². The van der Waals surface area contributed by atoms with Gasteiger partial charge in [0.1, 0.15) is 10.7 Å². The number of esters is 1. The molecule has 3 aromatic carbocycles. The van der Waals surface area contributed by atoms with Gasteiger partial charge in [-0.15, -0.1) is 0 Å². The first kappa shape index (κ1) is 28.9. The summed E-state index contributed by atoms with van der Waals surface area (Å²) in [6.45, 7) is 1.57. The highest BCUT2D eigenvalue weighted by Gasteiger charge is 2.30. The van der Waals surface area contributed by atoms with Crippen molar-refractivity contribution in [3.8, 4) is 0 Å². The molecule has 1 fully saturated rings. The Balaban J connectivity index is 1.39. The van der Waals surface area contributed by atoms with Crippen LogP contribution in [0.4, 0.5) is 10.1 Å². The molecule has 1 aliphatic heterocycles. The largest absolute Gasteiger partial charge is 0.452 e. The zero-order valence-electron chi connectivity index (χ0n) is 21.6. The van der Waals surface area contributed by atoms with E-state index in [0.717, 1.165) is 28.1 Å². The van der Waals surface area contributed by atoms with E-state index in [1.54, 1.807) is 18.2 Å². The van der Waals surface area contributed by atoms with Gasteiger partial charge in [-0.1, -0.05) is 42.5 Å². The summed E-state index contributed by atoms with van der Waals surface area (Å²) in [5, 5.41) is 5.43. The van der Waals surface area contributed by atoms with Crippen molar-refractivity contribution in [3.63, 3.8) is 0 Å². The Morgan fingerprint density at radius 2 is 1.68 bits per heavy atom. The highest BCUT2D eigenvalue weighted by molar-refractivity contribution is 7.89. The molecule has 210 valence electrons. The van der Waals surface area contributed by atoms with Crippen molar-refractivity contribution < 1.29 is 36.7 Å². The smallest absolute Gasteiger partial charge is 0.338 e. The van der Waals surface area contributed by atoms with Crippen LogP contribution in [0.2, 0.25) is 0 Å². The van der Waals surface area contributed by atoms with Crippen molar-refractivity contribution in [1.82, 2.24) is 9.62 Å². The Bertz CT molecular complexity index is 1490. The van der Waals surface area contributed by atoms with Gasteiger partial charge in [0.2, 0.25) is 10.0 Å². The maximum absolute atomic E-state index is 14.4. The third-order valence-corrected chi connectivity index (χ3v) is 8.10. The van der Waals surface area contributed by atoms with Crippen LogP contribution in [0.25, 0.3) is 0 Å². The van der Waals surface area contributed by atoms with E-state index in [4.69, 9.17) is 9.47 Å². The SMILES string of the molecule is C[C@H](NC(=O)c1ccccc1NC(=O)COC(=O)c1ccc(F)c(S(=O)(=O)N2CCOCC2)c1)c1ccccc1. The molecule has 1 aliphatic rings. The van der Waals surface area contributed by atoms with Gasteiger partial charge in [-0.3, -0.25) is 9.59 Å². The number of rotatable bonds is 9. The number of ether oxygens (including phenoxy) is 2. The molecule has 0 spiro atoms. The predicted molar refractivity (Wildman–Crippen MR) is 144 cm³/mol. The second-order valence-electron chi connectivity index (χ2n) is 8.94. The lowest BCUT2D eigenvalue weighted by atomic mass is 10.1. The summed E-state index contributed by atoms with van der Waals surface area (Å²) in [5.74, 6) is -3.17. The van der Waals surface area contributed by atoms with Crippen molar-refractivity contribution in [2.24, 2.45) is 0 Å². The summed E-state index contributed by atoms with van der Waals surface area (Å²) in [4.78, 5) is 37.4. The molecule has 2 amide bonds. The average Bonchev–Trinajstić information content (AvgIpc) is 2.97. The van der Waals surface area contributed by atoms with Gasteiger partial charge in [0.25, 0.3) is 11.8 Å². The Labute approximate surface area is 231 Å². The highest BCUT2D eigenvalue weighted by Crippen LogP contribution is 2.23. The monoisotopic (exact) mass is 569 g/mol. The summed E-state index contributed by atoms with van der Waals surface area (Å²) >= 11 is 0. The summed E-state index contributed by atoms with van der Waals surface area (Å²) in [6.07, 6.45) is 0. The van der Waals surface area contributed by atoms with Crippen LogP contribution in [0.5, 0.6) is 0 Å². The number of hydrogen-bond donors (Lipinski definition) is 2. The van der Waals surface area contributed by atoms with Crippen LogP contribution in [-0.4, -0.2) is 63.4 Å². The Hall–Kier alpha value is -4.13. The van der Waals surface area contributed by atoms with Crippen LogP contribution in [0, 0.1) is 5.82 Å². The van der Waals surface area contributed by atoms with Crippen LogP contribution < -0.4 is 10.6 Å². The van der Waals surface area contributed by atoms with Gasteiger partial charge in [0.15, 0.2) is 6.61 Å². The highest BCUT2D eigenvalue weighted by atomic mass is 32.2. The molecule has 40 heavy (non-hydrogen) atoms. The lowest BCUT2D eigenvalue weighted by molar-refractivity contribution is -0.119. The van der Waals surface area contributed by atoms with E-state index >= 15 is 0 Å². The standard InChI is InChI=1S/C28H28FN3O7S/c1-19(20-7-3-2-4-8-20)30-27(34)22-9-5-6-10-24(22)31-26(33)18-39-28(35)21-11-12-23(29)25(17-21)40(36,37)32-13-15-38-16-14-32/h2-12,17,19H,13-16,18H2,1H3,(H,30,34)(H,31,33)/t19-/m0/s1. The third-order valence-electron chi connectivity index (χ3n) is 6.18. The normalized spacial score (nSPS) is 14.7. The lowest BCUT2D eigenvalue weighted by Gasteiger charge is -2.26. The first-order valence-electron chi connectivity index (χ1n) is 12.5. The molecular weight excluding hydrogens is 541 g/mol. The Kier molecular flexibility index (Phi) is 9.25. The number of para-hydroxylation sites is 1. The molecule has 0 bridgehead atoms. The number of amides is 2. The summed E-state index contributed by atoms with van der Waals surface area (Å²) in [7, 11) is -4.21. The van der Waals surface area contributed by atoms with Crippen molar-refractivity contribution in [2.45, 2.75) is 17.9 Å². The summed E-state index contributed by atoms with van der Waals surface area (Å²) < 4.78 is 51.4. The molecule has 1 saturated heterocycles.